The first-order valence-electron chi connectivity index (χ1n) is 5.73. The number of amides is 2. The zero-order valence-corrected chi connectivity index (χ0v) is 10.9. The van der Waals surface area contributed by atoms with Crippen LogP contribution in [0.15, 0.2) is 53.3 Å². The van der Waals surface area contributed by atoms with Gasteiger partial charge in [0.25, 0.3) is 0 Å². The Kier molecular flexibility index (Phi) is 4.64. The van der Waals surface area contributed by atoms with Gasteiger partial charge in [0.2, 0.25) is 0 Å². The van der Waals surface area contributed by atoms with Crippen molar-refractivity contribution in [3.63, 3.8) is 0 Å². The van der Waals surface area contributed by atoms with Crippen LogP contribution in [-0.2, 0) is 6.54 Å². The maximum atomic E-state index is 11.5. The Hall–Kier alpha value is -2.20. The lowest BCUT2D eigenvalue weighted by molar-refractivity contribution is 0.244. The Labute approximate surface area is 116 Å². The van der Waals surface area contributed by atoms with E-state index >= 15 is 0 Å². The molecule has 1 heterocycles. The van der Waals surface area contributed by atoms with Gasteiger partial charge in [0.15, 0.2) is 0 Å². The van der Waals surface area contributed by atoms with Gasteiger partial charge in [0, 0.05) is 17.8 Å². The summed E-state index contributed by atoms with van der Waals surface area (Å²) < 4.78 is 5.08. The average Bonchev–Trinajstić information content (AvgIpc) is 2.91. The van der Waals surface area contributed by atoms with E-state index in [1.54, 1.807) is 36.6 Å². The molecule has 0 fully saturated rings. The molecule has 0 aliphatic rings. The molecule has 5 heteroatoms. The third kappa shape index (κ3) is 4.52. The largest absolute Gasteiger partial charge is 0.465 e. The van der Waals surface area contributed by atoms with Crippen LogP contribution in [0.3, 0.4) is 0 Å². The maximum Gasteiger partial charge on any atom is 0.319 e. The van der Waals surface area contributed by atoms with Crippen LogP contribution in [0.2, 0.25) is 5.02 Å². The Bertz CT molecular complexity index is 547. The molecule has 0 radical (unpaired) electrons. The number of hydrogen-bond acceptors (Lipinski definition) is 2. The topological polar surface area (TPSA) is 54.3 Å². The van der Waals surface area contributed by atoms with Crippen LogP contribution in [0.1, 0.15) is 11.3 Å². The van der Waals surface area contributed by atoms with Crippen molar-refractivity contribution >= 4 is 23.7 Å². The van der Waals surface area contributed by atoms with E-state index in [-0.39, 0.29) is 6.03 Å². The van der Waals surface area contributed by atoms with E-state index < -0.39 is 0 Å². The van der Waals surface area contributed by atoms with E-state index in [2.05, 4.69) is 10.6 Å². The first kappa shape index (κ1) is 13.2. The maximum absolute atomic E-state index is 11.5. The highest BCUT2D eigenvalue weighted by molar-refractivity contribution is 6.30. The quantitative estimate of drug-likeness (QED) is 0.899. The summed E-state index contributed by atoms with van der Waals surface area (Å²) in [6, 6.07) is 10.6. The second kappa shape index (κ2) is 6.66. The molecule has 1 aromatic heterocycles. The standard InChI is InChI=1S/C14H13ClN2O2/c15-12-5-3-11(4-6-12)10-17-14(18)16-8-7-13-2-1-9-19-13/h1-9H,10H2,(H2,16,17,18)/b8-7+. The summed E-state index contributed by atoms with van der Waals surface area (Å²) in [6.07, 6.45) is 4.76. The number of carbonyl (C=O) groups excluding carboxylic acids is 1. The van der Waals surface area contributed by atoms with Gasteiger partial charge < -0.3 is 15.1 Å². The minimum Gasteiger partial charge on any atom is -0.465 e. The van der Waals surface area contributed by atoms with Gasteiger partial charge in [-0.05, 0) is 35.9 Å². The lowest BCUT2D eigenvalue weighted by Crippen LogP contribution is -2.31. The number of hydrogen-bond donors (Lipinski definition) is 2. The Morgan fingerprint density at radius 3 is 2.74 bits per heavy atom. The van der Waals surface area contributed by atoms with Crippen LogP contribution in [0.25, 0.3) is 6.08 Å². The van der Waals surface area contributed by atoms with Crippen LogP contribution >= 0.6 is 11.6 Å². The summed E-state index contributed by atoms with van der Waals surface area (Å²) in [5.74, 6) is 0.679. The molecular formula is C14H13ClN2O2. The second-order valence-electron chi connectivity index (χ2n) is 3.80. The predicted octanol–water partition coefficient (Wildman–Crippen LogP) is 3.40. The van der Waals surface area contributed by atoms with Gasteiger partial charge in [0.05, 0.1) is 6.26 Å². The molecule has 0 unspecified atom stereocenters. The summed E-state index contributed by atoms with van der Waals surface area (Å²) in [4.78, 5) is 11.5. The van der Waals surface area contributed by atoms with Crippen molar-refractivity contribution in [1.29, 1.82) is 0 Å². The minimum atomic E-state index is -0.280. The molecule has 2 N–H and O–H groups in total. The van der Waals surface area contributed by atoms with Crippen molar-refractivity contribution in [3.05, 3.63) is 65.2 Å². The summed E-state index contributed by atoms with van der Waals surface area (Å²) in [5, 5.41) is 5.98. The van der Waals surface area contributed by atoms with Gasteiger partial charge in [-0.2, -0.15) is 0 Å². The molecule has 0 spiro atoms. The molecule has 1 aromatic carbocycles. The molecule has 4 nitrogen and oxygen atoms in total. The zero-order chi connectivity index (χ0) is 13.5. The van der Waals surface area contributed by atoms with E-state index in [0.29, 0.717) is 17.3 Å². The number of rotatable bonds is 4. The third-order valence-corrected chi connectivity index (χ3v) is 2.62. The Morgan fingerprint density at radius 1 is 1.26 bits per heavy atom. The smallest absolute Gasteiger partial charge is 0.319 e. The lowest BCUT2D eigenvalue weighted by Gasteiger charge is -2.04. The summed E-state index contributed by atoms with van der Waals surface area (Å²) in [6.45, 7) is 0.442. The molecule has 2 amide bonds. The Balaban J connectivity index is 1.74. The zero-order valence-electron chi connectivity index (χ0n) is 10.1. The fourth-order valence-corrected chi connectivity index (χ4v) is 1.55. The van der Waals surface area contributed by atoms with Crippen LogP contribution in [0.4, 0.5) is 4.79 Å². The molecule has 0 aliphatic heterocycles. The van der Waals surface area contributed by atoms with E-state index in [9.17, 15) is 4.79 Å². The van der Waals surface area contributed by atoms with E-state index in [4.69, 9.17) is 16.0 Å². The van der Waals surface area contributed by atoms with Crippen molar-refractivity contribution in [2.75, 3.05) is 0 Å². The lowest BCUT2D eigenvalue weighted by atomic mass is 10.2. The summed E-state index contributed by atoms with van der Waals surface area (Å²) >= 11 is 5.77. The first-order chi connectivity index (χ1) is 9.24. The highest BCUT2D eigenvalue weighted by Crippen LogP contribution is 2.09. The van der Waals surface area contributed by atoms with Gasteiger partial charge in [-0.15, -0.1) is 0 Å². The summed E-state index contributed by atoms with van der Waals surface area (Å²) in [7, 11) is 0. The van der Waals surface area contributed by atoms with E-state index in [0.717, 1.165) is 5.56 Å². The van der Waals surface area contributed by atoms with Crippen molar-refractivity contribution in [1.82, 2.24) is 10.6 Å². The molecular weight excluding hydrogens is 264 g/mol. The van der Waals surface area contributed by atoms with Gasteiger partial charge in [-0.1, -0.05) is 23.7 Å². The van der Waals surface area contributed by atoms with Crippen LogP contribution < -0.4 is 10.6 Å². The number of halogens is 1. The molecule has 0 saturated heterocycles. The second-order valence-corrected chi connectivity index (χ2v) is 4.24. The molecule has 0 saturated carbocycles. The normalized spacial score (nSPS) is 10.6. The monoisotopic (exact) mass is 276 g/mol. The molecule has 2 rings (SSSR count). The molecule has 0 atom stereocenters. The van der Waals surface area contributed by atoms with Gasteiger partial charge in [-0.25, -0.2) is 4.79 Å². The number of nitrogens with one attached hydrogen (secondary N) is 2. The predicted molar refractivity (Wildman–Crippen MR) is 74.6 cm³/mol. The number of benzene rings is 1. The molecule has 2 aromatic rings. The number of urea groups is 1. The van der Waals surface area contributed by atoms with E-state index in [1.165, 1.54) is 6.20 Å². The van der Waals surface area contributed by atoms with Crippen molar-refractivity contribution in [2.24, 2.45) is 0 Å². The number of furan rings is 1. The van der Waals surface area contributed by atoms with Crippen molar-refractivity contribution < 1.29 is 9.21 Å². The number of carbonyl (C=O) groups is 1. The van der Waals surface area contributed by atoms with Crippen LogP contribution in [0, 0.1) is 0 Å². The summed E-state index contributed by atoms with van der Waals surface area (Å²) in [5.41, 5.74) is 0.981. The first-order valence-corrected chi connectivity index (χ1v) is 6.11. The average molecular weight is 277 g/mol. The van der Waals surface area contributed by atoms with Gasteiger partial charge in [0.1, 0.15) is 5.76 Å². The van der Waals surface area contributed by atoms with Crippen LogP contribution in [0.5, 0.6) is 0 Å². The minimum absolute atomic E-state index is 0.280. The fraction of sp³-hybridized carbons (Fsp3) is 0.0714. The Morgan fingerprint density at radius 2 is 2.05 bits per heavy atom. The molecule has 0 aliphatic carbocycles. The van der Waals surface area contributed by atoms with Gasteiger partial charge in [-0.3, -0.25) is 0 Å². The highest BCUT2D eigenvalue weighted by Gasteiger charge is 1.98. The molecule has 98 valence electrons. The van der Waals surface area contributed by atoms with Gasteiger partial charge >= 0.3 is 6.03 Å². The highest BCUT2D eigenvalue weighted by atomic mass is 35.5. The van der Waals surface area contributed by atoms with Crippen molar-refractivity contribution in [2.45, 2.75) is 6.54 Å². The fourth-order valence-electron chi connectivity index (χ4n) is 1.42. The third-order valence-electron chi connectivity index (χ3n) is 2.37. The van der Waals surface area contributed by atoms with Crippen molar-refractivity contribution in [3.8, 4) is 0 Å². The van der Waals surface area contributed by atoms with Crippen LogP contribution in [-0.4, -0.2) is 6.03 Å². The molecule has 19 heavy (non-hydrogen) atoms. The molecule has 0 bridgehead atoms. The SMILES string of the molecule is O=C(N/C=C/c1ccco1)NCc1ccc(Cl)cc1. The van der Waals surface area contributed by atoms with E-state index in [1.807, 2.05) is 12.1 Å².